The smallest absolute Gasteiger partial charge is 0.129 e. The summed E-state index contributed by atoms with van der Waals surface area (Å²) in [6.45, 7) is 3.09. The van der Waals surface area contributed by atoms with Gasteiger partial charge in [-0.3, -0.25) is 0 Å². The number of hydrogen-bond donors (Lipinski definition) is 0. The van der Waals surface area contributed by atoms with Crippen LogP contribution in [0.5, 0.6) is 0 Å². The van der Waals surface area contributed by atoms with E-state index in [1.54, 1.807) is 0 Å². The summed E-state index contributed by atoms with van der Waals surface area (Å²) < 4.78 is 10.9. The Labute approximate surface area is 89.5 Å². The molecule has 0 amide bonds. The molecule has 0 saturated carbocycles. The van der Waals surface area contributed by atoms with Crippen LogP contribution in [0.3, 0.4) is 0 Å². The first kappa shape index (κ1) is 9.99. The third-order valence-electron chi connectivity index (χ3n) is 2.15. The van der Waals surface area contributed by atoms with Gasteiger partial charge in [-0.2, -0.15) is 0 Å². The highest BCUT2D eigenvalue weighted by Gasteiger charge is 1.98. The van der Waals surface area contributed by atoms with Crippen LogP contribution in [0.25, 0.3) is 0 Å². The van der Waals surface area contributed by atoms with E-state index in [1.807, 2.05) is 49.4 Å². The number of hydrogen-bond acceptors (Lipinski definition) is 2. The van der Waals surface area contributed by atoms with Gasteiger partial charge in [0, 0.05) is 0 Å². The molecule has 0 spiro atoms. The first-order chi connectivity index (χ1) is 7.34. The van der Waals surface area contributed by atoms with Crippen molar-refractivity contribution in [3.8, 4) is 0 Å². The van der Waals surface area contributed by atoms with Crippen LogP contribution in [0, 0.1) is 6.92 Å². The molecule has 0 aliphatic carbocycles. The third kappa shape index (κ3) is 2.96. The van der Waals surface area contributed by atoms with Crippen LogP contribution < -0.4 is 0 Å². The van der Waals surface area contributed by atoms with E-state index in [0.717, 1.165) is 11.5 Å². The Morgan fingerprint density at radius 2 is 1.80 bits per heavy atom. The predicted octanol–water partition coefficient (Wildman–Crippen LogP) is 3.30. The predicted molar refractivity (Wildman–Crippen MR) is 58.4 cm³/mol. The lowest BCUT2D eigenvalue weighted by molar-refractivity contribution is 0.0923. The molecule has 2 nitrogen and oxygen atoms in total. The van der Waals surface area contributed by atoms with Crippen LogP contribution >= 0.6 is 0 Å². The van der Waals surface area contributed by atoms with Crippen LogP contribution in [0.4, 0.5) is 0 Å². The van der Waals surface area contributed by atoms with E-state index >= 15 is 0 Å². The topological polar surface area (TPSA) is 22.4 Å². The average molecular weight is 202 g/mol. The molecule has 0 unspecified atom stereocenters. The summed E-state index contributed by atoms with van der Waals surface area (Å²) in [5.74, 6) is 1.80. The molecular weight excluding hydrogens is 188 g/mol. The summed E-state index contributed by atoms with van der Waals surface area (Å²) in [7, 11) is 0. The zero-order valence-electron chi connectivity index (χ0n) is 8.77. The van der Waals surface area contributed by atoms with Crippen molar-refractivity contribution < 1.29 is 9.15 Å². The van der Waals surface area contributed by atoms with Crippen LogP contribution in [0.1, 0.15) is 17.1 Å². The highest BCUT2D eigenvalue weighted by molar-refractivity contribution is 5.13. The molecule has 2 aromatic rings. The second kappa shape index (κ2) is 4.80. The largest absolute Gasteiger partial charge is 0.464 e. The average Bonchev–Trinajstić information content (AvgIpc) is 2.66. The van der Waals surface area contributed by atoms with Gasteiger partial charge in [0.05, 0.1) is 6.61 Å². The quantitative estimate of drug-likeness (QED) is 0.759. The number of furan rings is 1. The lowest BCUT2D eigenvalue weighted by atomic mass is 10.2. The van der Waals surface area contributed by atoms with Gasteiger partial charge in [-0.25, -0.2) is 0 Å². The molecule has 0 radical (unpaired) electrons. The van der Waals surface area contributed by atoms with E-state index in [9.17, 15) is 0 Å². The molecule has 2 heteroatoms. The van der Waals surface area contributed by atoms with Gasteiger partial charge in [0.1, 0.15) is 18.1 Å². The second-order valence-electron chi connectivity index (χ2n) is 3.49. The number of benzene rings is 1. The standard InChI is InChI=1S/C13H14O2/c1-11-7-8-13(15-11)10-14-9-12-5-3-2-4-6-12/h2-8H,9-10H2,1H3. The van der Waals surface area contributed by atoms with E-state index in [4.69, 9.17) is 9.15 Å². The van der Waals surface area contributed by atoms with Gasteiger partial charge in [-0.15, -0.1) is 0 Å². The van der Waals surface area contributed by atoms with Gasteiger partial charge in [0.25, 0.3) is 0 Å². The first-order valence-corrected chi connectivity index (χ1v) is 5.01. The van der Waals surface area contributed by atoms with Gasteiger partial charge in [-0.05, 0) is 24.6 Å². The Morgan fingerprint density at radius 3 is 2.47 bits per heavy atom. The molecule has 0 atom stereocenters. The van der Waals surface area contributed by atoms with Crippen LogP contribution in [-0.2, 0) is 18.0 Å². The van der Waals surface area contributed by atoms with Crippen molar-refractivity contribution in [1.29, 1.82) is 0 Å². The first-order valence-electron chi connectivity index (χ1n) is 5.01. The minimum atomic E-state index is 0.530. The monoisotopic (exact) mass is 202 g/mol. The SMILES string of the molecule is Cc1ccc(COCc2ccccc2)o1. The lowest BCUT2D eigenvalue weighted by Gasteiger charge is -2.01. The van der Waals surface area contributed by atoms with E-state index in [2.05, 4.69) is 0 Å². The molecule has 0 bridgehead atoms. The summed E-state index contributed by atoms with van der Waals surface area (Å²) >= 11 is 0. The molecule has 0 saturated heterocycles. The molecule has 78 valence electrons. The Bertz CT molecular complexity index is 403. The van der Waals surface area contributed by atoms with Crippen molar-refractivity contribution in [2.45, 2.75) is 20.1 Å². The van der Waals surface area contributed by atoms with Crippen molar-refractivity contribution >= 4 is 0 Å². The Morgan fingerprint density at radius 1 is 1.00 bits per heavy atom. The van der Waals surface area contributed by atoms with Crippen molar-refractivity contribution in [3.05, 3.63) is 59.5 Å². The summed E-state index contributed by atoms with van der Waals surface area (Å²) in [6.07, 6.45) is 0. The summed E-state index contributed by atoms with van der Waals surface area (Å²) in [6, 6.07) is 14.0. The number of rotatable bonds is 4. The normalized spacial score (nSPS) is 10.5. The Kier molecular flexibility index (Phi) is 3.20. The molecule has 0 N–H and O–H groups in total. The molecule has 15 heavy (non-hydrogen) atoms. The van der Waals surface area contributed by atoms with Crippen molar-refractivity contribution in [2.24, 2.45) is 0 Å². The summed E-state index contributed by atoms with van der Waals surface area (Å²) in [5.41, 5.74) is 1.18. The van der Waals surface area contributed by atoms with Crippen LogP contribution in [0.15, 0.2) is 46.9 Å². The van der Waals surface area contributed by atoms with Gasteiger partial charge in [-0.1, -0.05) is 30.3 Å². The minimum Gasteiger partial charge on any atom is -0.464 e. The Balaban J connectivity index is 1.80. The van der Waals surface area contributed by atoms with Crippen LogP contribution in [0.2, 0.25) is 0 Å². The fourth-order valence-corrected chi connectivity index (χ4v) is 1.41. The second-order valence-corrected chi connectivity index (χ2v) is 3.49. The molecule has 0 aliphatic heterocycles. The molecule has 0 fully saturated rings. The third-order valence-corrected chi connectivity index (χ3v) is 2.15. The van der Waals surface area contributed by atoms with Crippen molar-refractivity contribution in [3.63, 3.8) is 0 Å². The number of aryl methyl sites for hydroxylation is 1. The van der Waals surface area contributed by atoms with Gasteiger partial charge in [0.15, 0.2) is 0 Å². The van der Waals surface area contributed by atoms with Gasteiger partial charge < -0.3 is 9.15 Å². The maximum absolute atomic E-state index is 5.53. The zero-order valence-corrected chi connectivity index (χ0v) is 8.77. The fourth-order valence-electron chi connectivity index (χ4n) is 1.41. The maximum atomic E-state index is 5.53. The summed E-state index contributed by atoms with van der Waals surface area (Å²) in [5, 5.41) is 0. The molecule has 1 aromatic carbocycles. The lowest BCUT2D eigenvalue weighted by Crippen LogP contribution is -1.92. The molecule has 1 aromatic heterocycles. The maximum Gasteiger partial charge on any atom is 0.129 e. The molecular formula is C13H14O2. The Hall–Kier alpha value is -1.54. The van der Waals surface area contributed by atoms with Gasteiger partial charge in [0.2, 0.25) is 0 Å². The molecule has 2 rings (SSSR count). The zero-order chi connectivity index (χ0) is 10.5. The van der Waals surface area contributed by atoms with E-state index < -0.39 is 0 Å². The van der Waals surface area contributed by atoms with Crippen molar-refractivity contribution in [1.82, 2.24) is 0 Å². The number of ether oxygens (including phenoxy) is 1. The highest BCUT2D eigenvalue weighted by Crippen LogP contribution is 2.09. The fraction of sp³-hybridized carbons (Fsp3) is 0.231. The van der Waals surface area contributed by atoms with E-state index in [-0.39, 0.29) is 0 Å². The van der Waals surface area contributed by atoms with Crippen LogP contribution in [-0.4, -0.2) is 0 Å². The van der Waals surface area contributed by atoms with Crippen molar-refractivity contribution in [2.75, 3.05) is 0 Å². The summed E-state index contributed by atoms with van der Waals surface area (Å²) in [4.78, 5) is 0. The molecule has 0 aliphatic rings. The minimum absolute atomic E-state index is 0.530. The van der Waals surface area contributed by atoms with Gasteiger partial charge >= 0.3 is 0 Å². The highest BCUT2D eigenvalue weighted by atomic mass is 16.5. The van der Waals surface area contributed by atoms with E-state index in [0.29, 0.717) is 13.2 Å². The van der Waals surface area contributed by atoms with E-state index in [1.165, 1.54) is 5.56 Å². The molecule has 1 heterocycles.